The fourth-order valence-corrected chi connectivity index (χ4v) is 1.11. The molecule has 0 radical (unpaired) electrons. The maximum Gasteiger partial charge on any atom is 0.243 e. The normalized spacial score (nSPS) is 27.0. The lowest BCUT2D eigenvalue weighted by Gasteiger charge is -2.01. The summed E-state index contributed by atoms with van der Waals surface area (Å²) in [5.74, 6) is -0.0610. The molecule has 1 fully saturated rings. The number of halogens is 1. The molecular weight excluding hydrogens is 138 g/mol. The zero-order valence-corrected chi connectivity index (χ0v) is 5.77. The molecule has 50 valence electrons. The van der Waals surface area contributed by atoms with Gasteiger partial charge in [-0.15, -0.1) is 6.58 Å². The lowest BCUT2D eigenvalue weighted by atomic mass is 10.1. The lowest BCUT2D eigenvalue weighted by molar-refractivity contribution is -0.125. The second-order valence-electron chi connectivity index (χ2n) is 2.05. The number of hydrogen-bond acceptors (Lipinski definition) is 1. The second-order valence-corrected chi connectivity index (χ2v) is 2.46. The third-order valence-corrected chi connectivity index (χ3v) is 1.81. The molecule has 0 aliphatic carbocycles. The fourth-order valence-electron chi connectivity index (χ4n) is 0.885. The van der Waals surface area contributed by atoms with E-state index in [1.165, 1.54) is 4.42 Å². The lowest BCUT2D eigenvalue weighted by Crippen LogP contribution is -2.15. The van der Waals surface area contributed by atoms with Crippen molar-refractivity contribution in [3.05, 3.63) is 12.7 Å². The number of nitrogens with zero attached hydrogens (tertiary/aromatic N) is 1. The first-order chi connectivity index (χ1) is 4.25. The first-order valence-electron chi connectivity index (χ1n) is 2.85. The van der Waals surface area contributed by atoms with Gasteiger partial charge in [0.1, 0.15) is 0 Å². The Morgan fingerprint density at radius 2 is 2.56 bits per heavy atom. The summed E-state index contributed by atoms with van der Waals surface area (Å²) in [6.45, 7) is 4.17. The summed E-state index contributed by atoms with van der Waals surface area (Å²) in [5.41, 5.74) is 0. The van der Waals surface area contributed by atoms with Crippen LogP contribution in [0.25, 0.3) is 0 Å². The van der Waals surface area contributed by atoms with Crippen molar-refractivity contribution < 1.29 is 4.79 Å². The summed E-state index contributed by atoms with van der Waals surface area (Å²) in [6, 6.07) is 0. The van der Waals surface area contributed by atoms with Gasteiger partial charge in [0.15, 0.2) is 0 Å². The smallest absolute Gasteiger partial charge is 0.243 e. The molecule has 0 spiro atoms. The Kier molecular flexibility index (Phi) is 1.76. The van der Waals surface area contributed by atoms with Crippen molar-refractivity contribution in [2.24, 2.45) is 5.92 Å². The summed E-state index contributed by atoms with van der Waals surface area (Å²) >= 11 is 5.47. The molecule has 0 aromatic carbocycles. The van der Waals surface area contributed by atoms with Gasteiger partial charge in [-0.3, -0.25) is 9.21 Å². The number of carbonyl (C=O) groups is 1. The van der Waals surface area contributed by atoms with Crippen LogP contribution in [-0.4, -0.2) is 16.9 Å². The van der Waals surface area contributed by atoms with Crippen molar-refractivity contribution in [2.75, 3.05) is 6.54 Å². The Balaban J connectivity index is 2.61. The van der Waals surface area contributed by atoms with Crippen LogP contribution >= 0.6 is 11.8 Å². The average Bonchev–Trinajstić information content (AvgIpc) is 2.15. The highest BCUT2D eigenvalue weighted by molar-refractivity contribution is 6.22. The molecule has 0 N–H and O–H groups in total. The number of hydrogen-bond donors (Lipinski definition) is 0. The Labute approximate surface area is 59.2 Å². The number of carbonyl (C=O) groups excluding carboxylic acids is 1. The molecule has 3 heteroatoms. The highest BCUT2D eigenvalue weighted by atomic mass is 35.5. The molecule has 2 nitrogen and oxygen atoms in total. The van der Waals surface area contributed by atoms with E-state index in [-0.39, 0.29) is 11.8 Å². The van der Waals surface area contributed by atoms with Crippen LogP contribution in [0.4, 0.5) is 0 Å². The molecule has 0 bridgehead atoms. The quantitative estimate of drug-likeness (QED) is 0.401. The number of rotatable bonds is 1. The van der Waals surface area contributed by atoms with Gasteiger partial charge in [0.2, 0.25) is 5.91 Å². The summed E-state index contributed by atoms with van der Waals surface area (Å²) < 4.78 is 1.21. The van der Waals surface area contributed by atoms with Gasteiger partial charge in [-0.2, -0.15) is 0 Å². The van der Waals surface area contributed by atoms with Gasteiger partial charge < -0.3 is 0 Å². The Hall–Kier alpha value is -0.500. The molecule has 1 unspecified atom stereocenters. The van der Waals surface area contributed by atoms with Crippen molar-refractivity contribution in [1.82, 2.24) is 4.42 Å². The van der Waals surface area contributed by atoms with Crippen LogP contribution < -0.4 is 0 Å². The second kappa shape index (κ2) is 2.40. The van der Waals surface area contributed by atoms with Gasteiger partial charge in [-0.25, -0.2) is 0 Å². The fraction of sp³-hybridized carbons (Fsp3) is 0.500. The molecule has 9 heavy (non-hydrogen) atoms. The molecule has 1 amide bonds. The van der Waals surface area contributed by atoms with Crippen LogP contribution in [0.15, 0.2) is 12.7 Å². The van der Waals surface area contributed by atoms with E-state index in [4.69, 9.17) is 11.8 Å². The van der Waals surface area contributed by atoms with E-state index in [9.17, 15) is 4.79 Å². The van der Waals surface area contributed by atoms with Crippen LogP contribution in [0.2, 0.25) is 0 Å². The van der Waals surface area contributed by atoms with Gasteiger partial charge >= 0.3 is 0 Å². The topological polar surface area (TPSA) is 20.3 Å². The van der Waals surface area contributed by atoms with Crippen molar-refractivity contribution in [2.45, 2.75) is 6.42 Å². The van der Waals surface area contributed by atoms with E-state index in [0.717, 1.165) is 6.42 Å². The summed E-state index contributed by atoms with van der Waals surface area (Å²) in [7, 11) is 0. The maximum atomic E-state index is 10.9. The van der Waals surface area contributed by atoms with Crippen LogP contribution in [0.5, 0.6) is 0 Å². The van der Waals surface area contributed by atoms with E-state index in [1.807, 2.05) is 0 Å². The zero-order chi connectivity index (χ0) is 6.85. The minimum atomic E-state index is -0.0394. The van der Waals surface area contributed by atoms with E-state index < -0.39 is 0 Å². The third kappa shape index (κ3) is 1.08. The molecule has 1 rings (SSSR count). The van der Waals surface area contributed by atoms with E-state index in [1.54, 1.807) is 6.08 Å². The largest absolute Gasteiger partial charge is 0.273 e. The van der Waals surface area contributed by atoms with Crippen molar-refractivity contribution >= 4 is 17.7 Å². The van der Waals surface area contributed by atoms with Crippen molar-refractivity contribution in [1.29, 1.82) is 0 Å². The van der Waals surface area contributed by atoms with Crippen LogP contribution in [-0.2, 0) is 4.79 Å². The van der Waals surface area contributed by atoms with Gasteiger partial charge in [-0.05, 0) is 6.42 Å². The third-order valence-electron chi connectivity index (χ3n) is 1.48. The Bertz CT molecular complexity index is 146. The standard InChI is InChI=1S/C6H8ClNO/c1-2-5-3-4-8(7)6(5)9/h2,5H,1,3-4H2. The van der Waals surface area contributed by atoms with Gasteiger partial charge in [0.25, 0.3) is 0 Å². The highest BCUT2D eigenvalue weighted by Crippen LogP contribution is 2.19. The summed E-state index contributed by atoms with van der Waals surface area (Å²) in [5, 5.41) is 0. The minimum absolute atomic E-state index is 0.0216. The van der Waals surface area contributed by atoms with Crippen LogP contribution in [0, 0.1) is 5.92 Å². The highest BCUT2D eigenvalue weighted by Gasteiger charge is 2.27. The summed E-state index contributed by atoms with van der Waals surface area (Å²) in [6.07, 6.45) is 2.45. The first-order valence-corrected chi connectivity index (χ1v) is 3.19. The monoisotopic (exact) mass is 145 g/mol. The van der Waals surface area contributed by atoms with Crippen LogP contribution in [0.3, 0.4) is 0 Å². The zero-order valence-electron chi connectivity index (χ0n) is 5.01. The molecular formula is C6H8ClNO. The molecule has 1 saturated heterocycles. The molecule has 1 aliphatic rings. The predicted molar refractivity (Wildman–Crippen MR) is 35.9 cm³/mol. The molecule has 1 heterocycles. The van der Waals surface area contributed by atoms with E-state index in [2.05, 4.69) is 6.58 Å². The molecule has 0 aromatic rings. The van der Waals surface area contributed by atoms with Crippen molar-refractivity contribution in [3.8, 4) is 0 Å². The average molecular weight is 146 g/mol. The Morgan fingerprint density at radius 3 is 2.78 bits per heavy atom. The predicted octanol–water partition coefficient (Wildman–Crippen LogP) is 1.17. The molecule has 0 saturated carbocycles. The summed E-state index contributed by atoms with van der Waals surface area (Å²) in [4.78, 5) is 10.9. The molecule has 1 aliphatic heterocycles. The van der Waals surface area contributed by atoms with Gasteiger partial charge in [0, 0.05) is 18.3 Å². The Morgan fingerprint density at radius 1 is 1.89 bits per heavy atom. The number of amides is 1. The van der Waals surface area contributed by atoms with Gasteiger partial charge in [0.05, 0.1) is 5.92 Å². The van der Waals surface area contributed by atoms with E-state index in [0.29, 0.717) is 6.54 Å². The SMILES string of the molecule is C=CC1CCN(Cl)C1=O. The minimum Gasteiger partial charge on any atom is -0.273 e. The van der Waals surface area contributed by atoms with Crippen LogP contribution in [0.1, 0.15) is 6.42 Å². The molecule has 1 atom stereocenters. The maximum absolute atomic E-state index is 10.9. The van der Waals surface area contributed by atoms with E-state index >= 15 is 0 Å². The molecule has 0 aromatic heterocycles. The first kappa shape index (κ1) is 6.62. The van der Waals surface area contributed by atoms with Gasteiger partial charge in [-0.1, -0.05) is 6.08 Å². The van der Waals surface area contributed by atoms with Crippen molar-refractivity contribution in [3.63, 3.8) is 0 Å².